The monoisotopic (exact) mass is 590 g/mol. The first-order chi connectivity index (χ1) is 19.8. The van der Waals surface area contributed by atoms with Gasteiger partial charge in [-0.2, -0.15) is 0 Å². The second kappa shape index (κ2) is 12.4. The zero-order chi connectivity index (χ0) is 30.8. The number of amides is 3. The number of carbonyl (C=O) groups is 3. The standard InChI is InChI=1S/C32H38N4O5S/c1-32(2,3)27(35(4)31(39)40)17-28(37)34-24-14-11-19-8-6-7-9-25(19)36(30(24)38)18-23-22-13-10-21(29(33)42)16-20(22)12-15-26(23)41-5/h6-10,12-13,15-16,24,27H,11,14,17-18H2,1-5H3,(H2,33,42)(H,34,37)(H,39,40)/t24-,27-/m0/s1. The lowest BCUT2D eigenvalue weighted by Crippen LogP contribution is -2.51. The van der Waals surface area contributed by atoms with Crippen LogP contribution in [0.25, 0.3) is 10.8 Å². The van der Waals surface area contributed by atoms with Crippen molar-refractivity contribution in [1.29, 1.82) is 0 Å². The third-order valence-electron chi connectivity index (χ3n) is 7.94. The number of carbonyl (C=O) groups excluding carboxylic acids is 2. The van der Waals surface area contributed by atoms with Crippen LogP contribution in [0.15, 0.2) is 54.6 Å². The van der Waals surface area contributed by atoms with Gasteiger partial charge in [0.05, 0.1) is 13.7 Å². The second-order valence-corrected chi connectivity index (χ2v) is 12.2. The number of nitrogens with zero attached hydrogens (tertiary/aromatic N) is 2. The highest BCUT2D eigenvalue weighted by Crippen LogP contribution is 2.35. The predicted octanol–water partition coefficient (Wildman–Crippen LogP) is 4.86. The van der Waals surface area contributed by atoms with Crippen LogP contribution in [0.2, 0.25) is 0 Å². The fourth-order valence-corrected chi connectivity index (χ4v) is 5.77. The van der Waals surface area contributed by atoms with Crippen molar-refractivity contribution in [2.75, 3.05) is 19.1 Å². The van der Waals surface area contributed by atoms with Crippen molar-refractivity contribution in [1.82, 2.24) is 10.2 Å². The summed E-state index contributed by atoms with van der Waals surface area (Å²) in [6.45, 7) is 5.88. The number of anilines is 1. The second-order valence-electron chi connectivity index (χ2n) is 11.7. The van der Waals surface area contributed by atoms with Gasteiger partial charge in [0.2, 0.25) is 11.8 Å². The van der Waals surface area contributed by atoms with Crippen molar-refractivity contribution in [3.8, 4) is 5.75 Å². The van der Waals surface area contributed by atoms with Crippen LogP contribution in [0.3, 0.4) is 0 Å². The van der Waals surface area contributed by atoms with Gasteiger partial charge >= 0.3 is 6.09 Å². The average Bonchev–Trinajstić information content (AvgIpc) is 3.07. The van der Waals surface area contributed by atoms with E-state index in [9.17, 15) is 19.5 Å². The number of rotatable bonds is 8. The van der Waals surface area contributed by atoms with E-state index in [4.69, 9.17) is 22.7 Å². The lowest BCUT2D eigenvalue weighted by Gasteiger charge is -2.36. The zero-order valence-electron chi connectivity index (χ0n) is 24.6. The van der Waals surface area contributed by atoms with Crippen LogP contribution in [0.4, 0.5) is 10.5 Å². The molecule has 0 saturated heterocycles. The Morgan fingerprint density at radius 1 is 1.19 bits per heavy atom. The van der Waals surface area contributed by atoms with Gasteiger partial charge < -0.3 is 30.7 Å². The first-order valence-corrected chi connectivity index (χ1v) is 14.3. The van der Waals surface area contributed by atoms with Gasteiger partial charge in [0.25, 0.3) is 0 Å². The maximum Gasteiger partial charge on any atom is 0.407 e. The number of aryl methyl sites for hydroxylation is 1. The van der Waals surface area contributed by atoms with E-state index in [-0.39, 0.29) is 24.8 Å². The largest absolute Gasteiger partial charge is 0.496 e. The van der Waals surface area contributed by atoms with Crippen LogP contribution < -0.4 is 20.7 Å². The Morgan fingerprint density at radius 3 is 2.55 bits per heavy atom. The van der Waals surface area contributed by atoms with Crippen molar-refractivity contribution in [2.45, 2.75) is 58.7 Å². The lowest BCUT2D eigenvalue weighted by atomic mass is 9.83. The van der Waals surface area contributed by atoms with Gasteiger partial charge in [-0.15, -0.1) is 0 Å². The molecule has 0 spiro atoms. The van der Waals surface area contributed by atoms with Crippen LogP contribution in [-0.4, -0.2) is 59.1 Å². The highest BCUT2D eigenvalue weighted by atomic mass is 32.1. The van der Waals surface area contributed by atoms with Crippen molar-refractivity contribution in [3.05, 3.63) is 71.3 Å². The third-order valence-corrected chi connectivity index (χ3v) is 8.18. The minimum absolute atomic E-state index is 0.0640. The zero-order valence-corrected chi connectivity index (χ0v) is 25.5. The van der Waals surface area contributed by atoms with E-state index in [1.54, 1.807) is 12.0 Å². The Balaban J connectivity index is 1.69. The molecule has 10 heteroatoms. The Kier molecular flexibility index (Phi) is 9.06. The summed E-state index contributed by atoms with van der Waals surface area (Å²) in [4.78, 5) is 42.4. The predicted molar refractivity (Wildman–Crippen MR) is 168 cm³/mol. The number of fused-ring (bicyclic) bond motifs is 2. The topological polar surface area (TPSA) is 125 Å². The van der Waals surface area contributed by atoms with E-state index in [1.807, 2.05) is 75.4 Å². The molecule has 0 saturated carbocycles. The summed E-state index contributed by atoms with van der Waals surface area (Å²) >= 11 is 5.17. The summed E-state index contributed by atoms with van der Waals surface area (Å²) in [6, 6.07) is 15.9. The molecule has 42 heavy (non-hydrogen) atoms. The quantitative estimate of drug-likeness (QED) is 0.320. The maximum atomic E-state index is 14.2. The van der Waals surface area contributed by atoms with Crippen LogP contribution in [-0.2, 0) is 22.6 Å². The molecule has 1 aliphatic heterocycles. The van der Waals surface area contributed by atoms with Gasteiger partial charge in [-0.05, 0) is 52.8 Å². The number of benzene rings is 3. The molecule has 3 aromatic carbocycles. The molecule has 0 fully saturated rings. The van der Waals surface area contributed by atoms with Crippen LogP contribution in [0, 0.1) is 5.41 Å². The van der Waals surface area contributed by atoms with Crippen LogP contribution in [0.1, 0.15) is 50.3 Å². The highest BCUT2D eigenvalue weighted by molar-refractivity contribution is 7.80. The summed E-state index contributed by atoms with van der Waals surface area (Å²) in [5, 5.41) is 14.3. The van der Waals surface area contributed by atoms with E-state index in [0.29, 0.717) is 23.6 Å². The van der Waals surface area contributed by atoms with E-state index in [1.165, 1.54) is 7.05 Å². The van der Waals surface area contributed by atoms with Gasteiger partial charge in [-0.1, -0.05) is 69.4 Å². The summed E-state index contributed by atoms with van der Waals surface area (Å²) in [5.74, 6) is 0.0109. The van der Waals surface area contributed by atoms with E-state index in [2.05, 4.69) is 5.32 Å². The third kappa shape index (κ3) is 6.49. The molecule has 0 radical (unpaired) electrons. The summed E-state index contributed by atoms with van der Waals surface area (Å²) in [5.41, 5.74) is 8.71. The van der Waals surface area contributed by atoms with Crippen LogP contribution >= 0.6 is 12.2 Å². The Labute approximate surface area is 251 Å². The fourth-order valence-electron chi connectivity index (χ4n) is 5.64. The van der Waals surface area contributed by atoms with Gasteiger partial charge in [-0.25, -0.2) is 4.79 Å². The molecule has 3 aromatic rings. The van der Waals surface area contributed by atoms with E-state index < -0.39 is 23.6 Å². The maximum absolute atomic E-state index is 14.2. The van der Waals surface area contributed by atoms with Gasteiger partial charge in [0.1, 0.15) is 16.8 Å². The summed E-state index contributed by atoms with van der Waals surface area (Å²) in [7, 11) is 3.05. The molecule has 3 amide bonds. The number of ether oxygens (including phenoxy) is 1. The summed E-state index contributed by atoms with van der Waals surface area (Å²) < 4.78 is 5.73. The minimum Gasteiger partial charge on any atom is -0.496 e. The Bertz CT molecular complexity index is 1530. The highest BCUT2D eigenvalue weighted by Gasteiger charge is 2.36. The number of carboxylic acid groups (broad SMARTS) is 1. The molecule has 0 bridgehead atoms. The molecule has 1 aliphatic rings. The molecule has 0 aliphatic carbocycles. The van der Waals surface area contributed by atoms with Crippen molar-refractivity contribution in [2.24, 2.45) is 11.1 Å². The van der Waals surface area contributed by atoms with Crippen molar-refractivity contribution in [3.63, 3.8) is 0 Å². The normalized spacial score (nSPS) is 15.9. The number of para-hydroxylation sites is 1. The van der Waals surface area contributed by atoms with Gasteiger partial charge in [0, 0.05) is 36.3 Å². The molecule has 1 heterocycles. The SMILES string of the molecule is COc1ccc2cc(C(N)=S)ccc2c1CN1C(=O)[C@@H](NC(=O)C[C@H](N(C)C(=O)O)C(C)(C)C)CCc2ccccc21. The van der Waals surface area contributed by atoms with E-state index in [0.717, 1.165) is 38.1 Å². The molecule has 9 nitrogen and oxygen atoms in total. The number of methoxy groups -OCH3 is 1. The minimum atomic E-state index is -1.11. The first kappa shape index (κ1) is 30.8. The average molecular weight is 591 g/mol. The number of hydrogen-bond donors (Lipinski definition) is 3. The Morgan fingerprint density at radius 2 is 1.90 bits per heavy atom. The molecule has 222 valence electrons. The molecular weight excluding hydrogens is 552 g/mol. The van der Waals surface area contributed by atoms with Gasteiger partial charge in [-0.3, -0.25) is 9.59 Å². The smallest absolute Gasteiger partial charge is 0.407 e. The molecule has 4 rings (SSSR count). The van der Waals surface area contributed by atoms with Crippen molar-refractivity contribution < 1.29 is 24.2 Å². The van der Waals surface area contributed by atoms with Crippen molar-refractivity contribution >= 4 is 51.6 Å². The van der Waals surface area contributed by atoms with E-state index >= 15 is 0 Å². The number of nitrogens with one attached hydrogen (secondary N) is 1. The van der Waals surface area contributed by atoms with Crippen LogP contribution in [0.5, 0.6) is 5.75 Å². The molecule has 0 aromatic heterocycles. The number of thiocarbonyl (C=S) groups is 1. The van der Waals surface area contributed by atoms with Gasteiger partial charge in [0.15, 0.2) is 0 Å². The number of hydrogen-bond acceptors (Lipinski definition) is 5. The lowest BCUT2D eigenvalue weighted by molar-refractivity contribution is -0.128. The Hall–Kier alpha value is -4.18. The molecular formula is C32H38N4O5S. The number of nitrogens with two attached hydrogens (primary N) is 1. The molecule has 4 N–H and O–H groups in total. The first-order valence-electron chi connectivity index (χ1n) is 13.9. The molecule has 2 atom stereocenters. The fraction of sp³-hybridized carbons (Fsp3) is 0.375. The molecule has 0 unspecified atom stereocenters. The summed E-state index contributed by atoms with van der Waals surface area (Å²) in [6.07, 6.45) is -0.174.